The molecule has 26 heavy (non-hydrogen) atoms. The quantitative estimate of drug-likeness (QED) is 0.582. The lowest BCUT2D eigenvalue weighted by molar-refractivity contribution is -0.123. The first-order valence-electron chi connectivity index (χ1n) is 8.64. The second kappa shape index (κ2) is 7.59. The average molecular weight is 370 g/mol. The Morgan fingerprint density at radius 1 is 1.15 bits per heavy atom. The van der Waals surface area contributed by atoms with Crippen molar-refractivity contribution < 1.29 is 9.36 Å². The van der Waals surface area contributed by atoms with Crippen LogP contribution in [0, 0.1) is 12.3 Å². The second-order valence-electron chi connectivity index (χ2n) is 7.52. The van der Waals surface area contributed by atoms with Crippen molar-refractivity contribution in [2.75, 3.05) is 17.6 Å². The van der Waals surface area contributed by atoms with Crippen LogP contribution in [0.25, 0.3) is 10.9 Å². The van der Waals surface area contributed by atoms with Gasteiger partial charge in [-0.2, -0.15) is 0 Å². The molecular weight excluding hydrogens is 343 g/mol. The molecule has 2 aromatic rings. The molecule has 138 valence electrons. The molecule has 0 aliphatic rings. The number of carbonyl (C=O) groups is 1. The number of nitrogens with zero attached hydrogens (tertiary/aromatic N) is 1. The van der Waals surface area contributed by atoms with Crippen molar-refractivity contribution in [3.05, 3.63) is 55.3 Å². The normalized spacial score (nSPS) is 12.0. The zero-order valence-electron chi connectivity index (χ0n) is 16.0. The van der Waals surface area contributed by atoms with E-state index in [0.29, 0.717) is 23.3 Å². The second-order valence-corrected chi connectivity index (χ2v) is 10.5. The van der Waals surface area contributed by atoms with Gasteiger partial charge in [0.25, 0.3) is 0 Å². The van der Waals surface area contributed by atoms with Crippen LogP contribution >= 0.6 is 7.14 Å². The summed E-state index contributed by atoms with van der Waals surface area (Å²) in [6, 6.07) is 7.48. The smallest absolute Gasteiger partial charge is 0.229 e. The molecule has 0 spiro atoms. The molecule has 0 bridgehead atoms. The van der Waals surface area contributed by atoms with Crippen molar-refractivity contribution in [2.45, 2.75) is 27.7 Å². The molecule has 1 heterocycles. The zero-order valence-corrected chi connectivity index (χ0v) is 16.9. The standard InChI is InChI=1S/C21H27N2O2P/c1-7-13-26(25,14-8-2)19-16-10-9-15(3)22-17(16)11-12-18(19)23-20(24)21(4,5)6/h7-12H,1-2,13-14H2,3-6H3,(H,23,24). The van der Waals surface area contributed by atoms with E-state index in [4.69, 9.17) is 0 Å². The Labute approximate surface area is 155 Å². The zero-order chi connectivity index (χ0) is 19.5. The topological polar surface area (TPSA) is 59.1 Å². The summed E-state index contributed by atoms with van der Waals surface area (Å²) in [5, 5.41) is 4.43. The minimum Gasteiger partial charge on any atom is -0.325 e. The number of hydrogen-bond donors (Lipinski definition) is 1. The van der Waals surface area contributed by atoms with Gasteiger partial charge >= 0.3 is 0 Å². The number of carbonyl (C=O) groups excluding carboxylic acids is 1. The van der Waals surface area contributed by atoms with Gasteiger partial charge in [0.2, 0.25) is 5.91 Å². The molecular formula is C21H27N2O2P. The number of anilines is 1. The largest absolute Gasteiger partial charge is 0.325 e. The van der Waals surface area contributed by atoms with Crippen LogP contribution in [-0.2, 0) is 9.36 Å². The lowest BCUT2D eigenvalue weighted by Crippen LogP contribution is -2.30. The fraction of sp³-hybridized carbons (Fsp3) is 0.333. The fourth-order valence-electron chi connectivity index (χ4n) is 2.81. The molecule has 1 aromatic carbocycles. The maximum Gasteiger partial charge on any atom is 0.229 e. The third-order valence-corrected chi connectivity index (χ3v) is 7.16. The molecule has 0 saturated heterocycles. The Morgan fingerprint density at radius 3 is 2.31 bits per heavy atom. The maximum atomic E-state index is 13.8. The van der Waals surface area contributed by atoms with Crippen LogP contribution in [0.1, 0.15) is 26.5 Å². The van der Waals surface area contributed by atoms with Crippen LogP contribution in [0.15, 0.2) is 49.6 Å². The number of fused-ring (bicyclic) bond motifs is 1. The van der Waals surface area contributed by atoms with E-state index in [1.807, 2.05) is 45.9 Å². The maximum absolute atomic E-state index is 13.8. The highest BCUT2D eigenvalue weighted by atomic mass is 31.2. The van der Waals surface area contributed by atoms with Crippen LogP contribution in [-0.4, -0.2) is 23.2 Å². The SMILES string of the molecule is C=CCP(=O)(CC=C)c1c(NC(=O)C(C)(C)C)ccc2nc(C)ccc12. The van der Waals surface area contributed by atoms with Gasteiger partial charge in [0.15, 0.2) is 0 Å². The van der Waals surface area contributed by atoms with Gasteiger partial charge in [0.05, 0.1) is 11.2 Å². The van der Waals surface area contributed by atoms with Crippen molar-refractivity contribution >= 4 is 34.9 Å². The average Bonchev–Trinajstić information content (AvgIpc) is 2.54. The van der Waals surface area contributed by atoms with Gasteiger partial charge in [-0.25, -0.2) is 0 Å². The lowest BCUT2D eigenvalue weighted by atomic mass is 9.95. The van der Waals surface area contributed by atoms with Crippen LogP contribution in [0.2, 0.25) is 0 Å². The van der Waals surface area contributed by atoms with Crippen LogP contribution in [0.3, 0.4) is 0 Å². The number of aromatic nitrogens is 1. The number of nitrogens with one attached hydrogen (secondary N) is 1. The first kappa shape index (κ1) is 20.1. The third kappa shape index (κ3) is 4.13. The minimum absolute atomic E-state index is 0.123. The van der Waals surface area contributed by atoms with Gasteiger partial charge in [-0.3, -0.25) is 9.78 Å². The molecule has 4 nitrogen and oxygen atoms in total. The highest BCUT2D eigenvalue weighted by molar-refractivity contribution is 7.72. The van der Waals surface area contributed by atoms with Crippen molar-refractivity contribution in [1.29, 1.82) is 0 Å². The van der Waals surface area contributed by atoms with Crippen LogP contribution in [0.4, 0.5) is 5.69 Å². The number of amides is 1. The number of pyridine rings is 1. The highest BCUT2D eigenvalue weighted by Crippen LogP contribution is 2.48. The van der Waals surface area contributed by atoms with Gasteiger partial charge in [0.1, 0.15) is 7.14 Å². The summed E-state index contributed by atoms with van der Waals surface area (Å²) in [6.45, 7) is 15.0. The first-order valence-corrected chi connectivity index (χ1v) is 10.7. The Hall–Kier alpha value is -2.19. The van der Waals surface area contributed by atoms with Crippen molar-refractivity contribution in [1.82, 2.24) is 4.98 Å². The summed E-state index contributed by atoms with van der Waals surface area (Å²) < 4.78 is 13.8. The summed E-state index contributed by atoms with van der Waals surface area (Å²) in [6.07, 6.45) is 4.01. The van der Waals surface area contributed by atoms with Gasteiger partial charge in [0, 0.05) is 34.1 Å². The molecule has 1 N–H and O–H groups in total. The van der Waals surface area contributed by atoms with E-state index in [2.05, 4.69) is 23.5 Å². The van der Waals surface area contributed by atoms with E-state index in [-0.39, 0.29) is 5.91 Å². The molecule has 1 amide bonds. The Bertz CT molecular complexity index is 896. The van der Waals surface area contributed by atoms with E-state index in [9.17, 15) is 9.36 Å². The third-order valence-electron chi connectivity index (χ3n) is 4.17. The predicted molar refractivity (Wildman–Crippen MR) is 112 cm³/mol. The predicted octanol–water partition coefficient (Wildman–Crippen LogP) is 4.89. The summed E-state index contributed by atoms with van der Waals surface area (Å²) in [7, 11) is -2.87. The molecule has 0 atom stereocenters. The van der Waals surface area contributed by atoms with Gasteiger partial charge < -0.3 is 9.88 Å². The van der Waals surface area contributed by atoms with E-state index >= 15 is 0 Å². The number of rotatable bonds is 6. The Balaban J connectivity index is 2.78. The van der Waals surface area contributed by atoms with Crippen molar-refractivity contribution in [3.8, 4) is 0 Å². The van der Waals surface area contributed by atoms with Gasteiger partial charge in [-0.15, -0.1) is 13.2 Å². The molecule has 1 aromatic heterocycles. The van der Waals surface area contributed by atoms with E-state index in [1.54, 1.807) is 18.2 Å². The fourth-order valence-corrected chi connectivity index (χ4v) is 5.36. The van der Waals surface area contributed by atoms with Crippen LogP contribution < -0.4 is 10.6 Å². The molecule has 0 aliphatic carbocycles. The lowest BCUT2D eigenvalue weighted by Gasteiger charge is -2.24. The summed E-state index contributed by atoms with van der Waals surface area (Å²) >= 11 is 0. The van der Waals surface area contributed by atoms with E-state index < -0.39 is 12.6 Å². The minimum atomic E-state index is -2.87. The van der Waals surface area contributed by atoms with Gasteiger partial charge in [-0.05, 0) is 25.1 Å². The molecule has 0 aliphatic heterocycles. The Kier molecular flexibility index (Phi) is 5.87. The van der Waals surface area contributed by atoms with Gasteiger partial charge in [-0.1, -0.05) is 39.0 Å². The first-order chi connectivity index (χ1) is 12.1. The Morgan fingerprint density at radius 2 is 1.77 bits per heavy atom. The summed E-state index contributed by atoms with van der Waals surface area (Å²) in [5.74, 6) is -0.123. The summed E-state index contributed by atoms with van der Waals surface area (Å²) in [5.41, 5.74) is 1.67. The molecule has 0 radical (unpaired) electrons. The van der Waals surface area contributed by atoms with E-state index in [1.165, 1.54) is 0 Å². The number of allylic oxidation sites excluding steroid dienone is 2. The number of hydrogen-bond acceptors (Lipinski definition) is 3. The molecule has 5 heteroatoms. The number of aryl methyl sites for hydroxylation is 1. The number of benzene rings is 1. The molecule has 0 unspecified atom stereocenters. The monoisotopic (exact) mass is 370 g/mol. The van der Waals surface area contributed by atoms with Crippen molar-refractivity contribution in [2.24, 2.45) is 5.41 Å². The molecule has 0 fully saturated rings. The van der Waals surface area contributed by atoms with Crippen molar-refractivity contribution in [3.63, 3.8) is 0 Å². The molecule has 0 saturated carbocycles. The summed E-state index contributed by atoms with van der Waals surface area (Å²) in [4.78, 5) is 17.1. The molecule has 2 rings (SSSR count). The highest BCUT2D eigenvalue weighted by Gasteiger charge is 2.30. The van der Waals surface area contributed by atoms with E-state index in [0.717, 1.165) is 16.6 Å². The van der Waals surface area contributed by atoms with Crippen LogP contribution in [0.5, 0.6) is 0 Å².